The summed E-state index contributed by atoms with van der Waals surface area (Å²) in [5.41, 5.74) is 3.30. The van der Waals surface area contributed by atoms with Gasteiger partial charge >= 0.3 is 5.97 Å². The van der Waals surface area contributed by atoms with Crippen molar-refractivity contribution in [2.24, 2.45) is 10.8 Å². The zero-order chi connectivity index (χ0) is 27.8. The molecule has 1 N–H and O–H groups in total. The van der Waals surface area contributed by atoms with Gasteiger partial charge in [-0.15, -0.1) is 0 Å². The van der Waals surface area contributed by atoms with Crippen molar-refractivity contribution in [1.82, 2.24) is 4.90 Å². The van der Waals surface area contributed by atoms with E-state index in [0.717, 1.165) is 23.4 Å². The number of hydrogen-bond acceptors (Lipinski definition) is 6. The molecule has 4 rings (SSSR count). The summed E-state index contributed by atoms with van der Waals surface area (Å²) in [7, 11) is 0. The van der Waals surface area contributed by atoms with Crippen LogP contribution in [0.1, 0.15) is 91.5 Å². The quantitative estimate of drug-likeness (QED) is 0.422. The summed E-state index contributed by atoms with van der Waals surface area (Å²) in [6, 6.07) is 5.74. The molecule has 206 valence electrons. The van der Waals surface area contributed by atoms with Gasteiger partial charge in [0.1, 0.15) is 0 Å². The maximum Gasteiger partial charge on any atom is 0.305 e. The van der Waals surface area contributed by atoms with Crippen LogP contribution < -0.4 is 9.47 Å². The highest BCUT2D eigenvalue weighted by molar-refractivity contribution is 6.06. The molecule has 7 heteroatoms. The molecule has 1 aromatic rings. The highest BCUT2D eigenvalue weighted by Crippen LogP contribution is 2.55. The number of ketones is 2. The first kappa shape index (κ1) is 27.9. The number of carboxylic acid groups (broad SMARTS) is 1. The Morgan fingerprint density at radius 2 is 1.50 bits per heavy atom. The van der Waals surface area contributed by atoms with Crippen LogP contribution in [0, 0.1) is 10.8 Å². The molecule has 0 saturated heterocycles. The minimum absolute atomic E-state index is 0.0232. The molecular formula is C31H41NO6. The number of nitrogens with zero attached hydrogens (tertiary/aromatic N) is 1. The van der Waals surface area contributed by atoms with Crippen molar-refractivity contribution in [3.63, 3.8) is 0 Å². The van der Waals surface area contributed by atoms with Crippen molar-refractivity contribution in [3.05, 3.63) is 46.3 Å². The van der Waals surface area contributed by atoms with Crippen LogP contribution in [0.4, 0.5) is 0 Å². The van der Waals surface area contributed by atoms with E-state index in [1.165, 1.54) is 0 Å². The van der Waals surface area contributed by atoms with Crippen molar-refractivity contribution in [2.75, 3.05) is 19.8 Å². The lowest BCUT2D eigenvalue weighted by Crippen LogP contribution is -2.45. The number of benzene rings is 1. The molecule has 0 bridgehead atoms. The van der Waals surface area contributed by atoms with Gasteiger partial charge in [-0.1, -0.05) is 40.7 Å². The van der Waals surface area contributed by atoms with Crippen LogP contribution in [0.2, 0.25) is 0 Å². The van der Waals surface area contributed by atoms with Crippen LogP contribution in [0.25, 0.3) is 0 Å². The molecule has 3 aliphatic rings. The predicted molar refractivity (Wildman–Crippen MR) is 145 cm³/mol. The third-order valence-corrected chi connectivity index (χ3v) is 7.63. The molecule has 7 nitrogen and oxygen atoms in total. The van der Waals surface area contributed by atoms with E-state index in [1.807, 2.05) is 36.9 Å². The second-order valence-corrected chi connectivity index (χ2v) is 12.3. The maximum atomic E-state index is 13.8. The fourth-order valence-electron chi connectivity index (χ4n) is 6.16. The highest BCUT2D eigenvalue weighted by Gasteiger charge is 2.49. The van der Waals surface area contributed by atoms with Crippen molar-refractivity contribution in [1.29, 1.82) is 0 Å². The van der Waals surface area contributed by atoms with Crippen LogP contribution in [0.3, 0.4) is 0 Å². The van der Waals surface area contributed by atoms with Gasteiger partial charge in [0, 0.05) is 47.8 Å². The average Bonchev–Trinajstić information content (AvgIpc) is 2.80. The lowest BCUT2D eigenvalue weighted by Gasteiger charge is -2.49. The van der Waals surface area contributed by atoms with Crippen LogP contribution in [-0.2, 0) is 14.4 Å². The molecule has 2 aliphatic carbocycles. The Labute approximate surface area is 225 Å². The number of ether oxygens (including phenoxy) is 2. The largest absolute Gasteiger partial charge is 0.490 e. The number of carbonyl (C=O) groups is 3. The number of carbonyl (C=O) groups excluding carboxylic acids is 2. The Morgan fingerprint density at radius 1 is 0.921 bits per heavy atom. The summed E-state index contributed by atoms with van der Waals surface area (Å²) in [6.07, 6.45) is 2.85. The van der Waals surface area contributed by atoms with E-state index >= 15 is 0 Å². The number of carboxylic acids is 1. The molecule has 0 fully saturated rings. The average molecular weight is 524 g/mol. The van der Waals surface area contributed by atoms with Crippen LogP contribution in [0.5, 0.6) is 11.5 Å². The summed E-state index contributed by atoms with van der Waals surface area (Å²) in [5.74, 6) is -0.115. The summed E-state index contributed by atoms with van der Waals surface area (Å²) < 4.78 is 11.9. The smallest absolute Gasteiger partial charge is 0.305 e. The molecule has 0 aromatic heterocycles. The van der Waals surface area contributed by atoms with Crippen molar-refractivity contribution in [3.8, 4) is 11.5 Å². The Balaban J connectivity index is 1.95. The zero-order valence-corrected chi connectivity index (χ0v) is 23.6. The van der Waals surface area contributed by atoms with E-state index in [1.54, 1.807) is 0 Å². The van der Waals surface area contributed by atoms with Gasteiger partial charge in [-0.3, -0.25) is 14.4 Å². The van der Waals surface area contributed by atoms with Crippen molar-refractivity contribution >= 4 is 17.5 Å². The molecule has 0 amide bonds. The van der Waals surface area contributed by atoms with Crippen LogP contribution in [0.15, 0.2) is 40.7 Å². The van der Waals surface area contributed by atoms with Gasteiger partial charge in [0.05, 0.1) is 19.6 Å². The number of hydrogen-bond donors (Lipinski definition) is 1. The molecule has 0 unspecified atom stereocenters. The summed E-state index contributed by atoms with van der Waals surface area (Å²) >= 11 is 0. The first-order valence-electron chi connectivity index (χ1n) is 13.8. The highest BCUT2D eigenvalue weighted by atomic mass is 16.5. The topological polar surface area (TPSA) is 93.1 Å². The van der Waals surface area contributed by atoms with Crippen LogP contribution in [-0.4, -0.2) is 47.3 Å². The van der Waals surface area contributed by atoms with Gasteiger partial charge < -0.3 is 19.5 Å². The first-order valence-corrected chi connectivity index (χ1v) is 13.8. The molecule has 0 saturated carbocycles. The van der Waals surface area contributed by atoms with E-state index in [-0.39, 0.29) is 35.4 Å². The van der Waals surface area contributed by atoms with Gasteiger partial charge in [-0.05, 0) is 54.7 Å². The molecule has 1 heterocycles. The number of aliphatic carboxylic acids is 1. The molecule has 1 aliphatic heterocycles. The van der Waals surface area contributed by atoms with E-state index in [4.69, 9.17) is 9.47 Å². The van der Waals surface area contributed by atoms with Crippen LogP contribution >= 0.6 is 0 Å². The van der Waals surface area contributed by atoms with Gasteiger partial charge in [0.2, 0.25) is 0 Å². The fourth-order valence-corrected chi connectivity index (χ4v) is 6.16. The predicted octanol–water partition coefficient (Wildman–Crippen LogP) is 6.03. The lowest BCUT2D eigenvalue weighted by molar-refractivity contribution is -0.137. The second kappa shape index (κ2) is 10.6. The molecule has 0 radical (unpaired) electrons. The number of allylic oxidation sites excluding steroid dienone is 4. The Morgan fingerprint density at radius 3 is 2.00 bits per heavy atom. The first-order chi connectivity index (χ1) is 17.9. The third kappa shape index (κ3) is 5.52. The SMILES string of the molecule is CCCOc1ccc(C2C3=C(CC(C)(C)CC3=O)N(CCC(=O)O)C3=C2C(=O)CC(C)(C)C3)cc1OCC. The molecule has 1 aromatic carbocycles. The van der Waals surface area contributed by atoms with E-state index in [0.29, 0.717) is 61.5 Å². The Bertz CT molecular complexity index is 1150. The normalized spacial score (nSPS) is 20.8. The molecule has 38 heavy (non-hydrogen) atoms. The van der Waals surface area contributed by atoms with E-state index < -0.39 is 11.9 Å². The maximum absolute atomic E-state index is 13.8. The molecule has 0 spiro atoms. The number of Topliss-reactive ketones (excluding diaryl/α,β-unsaturated/α-hetero) is 2. The van der Waals surface area contributed by atoms with Crippen molar-refractivity contribution < 1.29 is 29.0 Å². The van der Waals surface area contributed by atoms with Gasteiger partial charge in [0.15, 0.2) is 23.1 Å². The standard InChI is InChI=1S/C31H41NO6/c1-7-13-38-24-10-9-19(14-25(24)37-8-2)27-28-20(15-30(3,4)17-22(28)33)32(12-11-26(35)36)21-16-31(5,6)18-23(34)29(21)27/h9-10,14,27H,7-8,11-13,15-18H2,1-6H3,(H,35,36). The summed E-state index contributed by atoms with van der Waals surface area (Å²) in [6.45, 7) is 13.5. The van der Waals surface area contributed by atoms with Gasteiger partial charge in [-0.25, -0.2) is 0 Å². The Kier molecular flexibility index (Phi) is 7.78. The second-order valence-electron chi connectivity index (χ2n) is 12.3. The zero-order valence-electron chi connectivity index (χ0n) is 23.6. The van der Waals surface area contributed by atoms with E-state index in [9.17, 15) is 19.5 Å². The van der Waals surface area contributed by atoms with Gasteiger partial charge in [-0.2, -0.15) is 0 Å². The van der Waals surface area contributed by atoms with Crippen molar-refractivity contribution in [2.45, 2.75) is 86.0 Å². The Hall–Kier alpha value is -3.09. The summed E-state index contributed by atoms with van der Waals surface area (Å²) in [5, 5.41) is 9.53. The van der Waals surface area contributed by atoms with E-state index in [2.05, 4.69) is 27.7 Å². The molecule has 0 atom stereocenters. The lowest BCUT2D eigenvalue weighted by atomic mass is 9.63. The summed E-state index contributed by atoms with van der Waals surface area (Å²) in [4.78, 5) is 41.3. The molecular weight excluding hydrogens is 482 g/mol. The third-order valence-electron chi connectivity index (χ3n) is 7.63. The minimum atomic E-state index is -0.900. The fraction of sp³-hybridized carbons (Fsp3) is 0.581. The van der Waals surface area contributed by atoms with Gasteiger partial charge in [0.25, 0.3) is 0 Å². The number of rotatable bonds is 9. The minimum Gasteiger partial charge on any atom is -0.490 e. The monoisotopic (exact) mass is 523 g/mol.